The number of ether oxygens (including phenoxy) is 3. The fourth-order valence-corrected chi connectivity index (χ4v) is 6.59. The Kier molecular flexibility index (Phi) is 8.48. The summed E-state index contributed by atoms with van der Waals surface area (Å²) in [6.07, 6.45) is -9.86. The molecule has 0 radical (unpaired) electrons. The predicted molar refractivity (Wildman–Crippen MR) is 138 cm³/mol. The Hall–Kier alpha value is -2.18. The molecule has 0 saturated carbocycles. The number of benzene rings is 2. The second kappa shape index (κ2) is 11.5. The molecule has 3 unspecified atom stereocenters. The third kappa shape index (κ3) is 6.44. The third-order valence-corrected chi connectivity index (χ3v) is 8.72. The van der Waals surface area contributed by atoms with Crippen LogP contribution in [-0.2, 0) is 26.6 Å². The molecule has 5 nitrogen and oxygen atoms in total. The summed E-state index contributed by atoms with van der Waals surface area (Å²) in [6, 6.07) is 10.9. The lowest BCUT2D eigenvalue weighted by atomic mass is 9.81. The Bertz CT molecular complexity index is 1150. The number of hydrogen-bond donors (Lipinski definition) is 1. The average molecular weight is 588 g/mol. The summed E-state index contributed by atoms with van der Waals surface area (Å²) < 4.78 is 99.3. The van der Waals surface area contributed by atoms with Crippen molar-refractivity contribution in [1.82, 2.24) is 4.90 Å². The van der Waals surface area contributed by atoms with Crippen LogP contribution in [0.2, 0.25) is 0 Å². The van der Waals surface area contributed by atoms with Crippen molar-refractivity contribution < 1.29 is 45.7 Å². The highest BCUT2D eigenvalue weighted by Gasteiger charge is 2.50. The smallest absolute Gasteiger partial charge is 0.390 e. The van der Waals surface area contributed by atoms with Crippen LogP contribution in [0.15, 0.2) is 48.5 Å². The van der Waals surface area contributed by atoms with E-state index in [1.54, 1.807) is 0 Å². The van der Waals surface area contributed by atoms with Crippen molar-refractivity contribution in [3.05, 3.63) is 70.8 Å². The van der Waals surface area contributed by atoms with Gasteiger partial charge in [-0.3, -0.25) is 4.90 Å². The molecule has 41 heavy (non-hydrogen) atoms. The molecule has 3 aliphatic heterocycles. The van der Waals surface area contributed by atoms with Gasteiger partial charge in [0.25, 0.3) is 0 Å². The first-order chi connectivity index (χ1) is 19.3. The maximum atomic E-state index is 13.5. The summed E-state index contributed by atoms with van der Waals surface area (Å²) >= 11 is 0. The number of rotatable bonds is 5. The summed E-state index contributed by atoms with van der Waals surface area (Å²) in [5.41, 5.74) is -2.65. The van der Waals surface area contributed by atoms with Gasteiger partial charge in [0, 0.05) is 25.6 Å². The largest absolute Gasteiger partial charge is 0.416 e. The zero-order valence-electron chi connectivity index (χ0n) is 22.9. The quantitative estimate of drug-likeness (QED) is 0.395. The molecule has 2 aromatic carbocycles. The molecular formula is C30H35F6NO4. The minimum absolute atomic E-state index is 0.00956. The molecule has 226 valence electrons. The summed E-state index contributed by atoms with van der Waals surface area (Å²) in [7, 11) is 0. The lowest BCUT2D eigenvalue weighted by Gasteiger charge is -2.48. The van der Waals surface area contributed by atoms with Crippen LogP contribution in [0.4, 0.5) is 26.3 Å². The standard InChI is InChI=1S/C30H35F6NO4/c1-18-14-25(38)28(41-18)9-11-37(12-10-28)24-8-13-39-27(26(24)20-6-4-3-5-7-20)40-19(2)21-15-22(29(31,32)33)17-23(16-21)30(34,35)36/h3-7,15-19,24-27,38H,8-14H2,1-2H3/t18?,19?,24-,25?,26-,27-/m1/s1. The van der Waals surface area contributed by atoms with Gasteiger partial charge in [0.15, 0.2) is 6.29 Å². The number of halogens is 6. The maximum Gasteiger partial charge on any atom is 0.416 e. The molecule has 0 aliphatic carbocycles. The summed E-state index contributed by atoms with van der Waals surface area (Å²) in [5.74, 6) is -0.345. The van der Waals surface area contributed by atoms with Crippen LogP contribution in [0, 0.1) is 0 Å². The fraction of sp³-hybridized carbons (Fsp3) is 0.600. The molecular weight excluding hydrogens is 552 g/mol. The molecule has 1 N–H and O–H groups in total. The zero-order valence-corrected chi connectivity index (χ0v) is 22.9. The van der Waals surface area contributed by atoms with E-state index < -0.39 is 47.6 Å². The van der Waals surface area contributed by atoms with Gasteiger partial charge in [-0.2, -0.15) is 26.3 Å². The molecule has 1 spiro atoms. The minimum atomic E-state index is -4.95. The molecule has 3 fully saturated rings. The molecule has 3 aliphatic rings. The monoisotopic (exact) mass is 587 g/mol. The summed E-state index contributed by atoms with van der Waals surface area (Å²) in [6.45, 7) is 5.06. The summed E-state index contributed by atoms with van der Waals surface area (Å²) in [4.78, 5) is 2.32. The van der Waals surface area contributed by atoms with E-state index in [-0.39, 0.29) is 29.7 Å². The number of aliphatic hydroxyl groups excluding tert-OH is 1. The van der Waals surface area contributed by atoms with Crippen LogP contribution in [0.1, 0.15) is 73.8 Å². The van der Waals surface area contributed by atoms with Crippen LogP contribution in [0.25, 0.3) is 0 Å². The lowest BCUT2D eigenvalue weighted by Crippen LogP contribution is -2.56. The van der Waals surface area contributed by atoms with E-state index in [2.05, 4.69) is 4.90 Å². The van der Waals surface area contributed by atoms with Gasteiger partial charge in [0.05, 0.1) is 47.6 Å². The Morgan fingerprint density at radius 1 is 0.976 bits per heavy atom. The van der Waals surface area contributed by atoms with Crippen molar-refractivity contribution >= 4 is 0 Å². The summed E-state index contributed by atoms with van der Waals surface area (Å²) in [5, 5.41) is 10.7. The zero-order chi connectivity index (χ0) is 29.6. The lowest BCUT2D eigenvalue weighted by molar-refractivity contribution is -0.215. The first kappa shape index (κ1) is 30.3. The van der Waals surface area contributed by atoms with Gasteiger partial charge in [-0.05, 0) is 62.4 Å². The molecule has 2 aromatic rings. The van der Waals surface area contributed by atoms with Crippen molar-refractivity contribution in [3.8, 4) is 0 Å². The number of hydrogen-bond acceptors (Lipinski definition) is 5. The number of nitrogens with zero attached hydrogens (tertiary/aromatic N) is 1. The van der Waals surface area contributed by atoms with Gasteiger partial charge in [0.2, 0.25) is 0 Å². The molecule has 3 saturated heterocycles. The van der Waals surface area contributed by atoms with Gasteiger partial charge in [-0.25, -0.2) is 0 Å². The number of alkyl halides is 6. The van der Waals surface area contributed by atoms with Gasteiger partial charge >= 0.3 is 12.4 Å². The predicted octanol–water partition coefficient (Wildman–Crippen LogP) is 6.70. The van der Waals surface area contributed by atoms with E-state index in [9.17, 15) is 31.4 Å². The number of piperidine rings is 1. The number of aliphatic hydroxyl groups is 1. The Morgan fingerprint density at radius 2 is 1.59 bits per heavy atom. The van der Waals surface area contributed by atoms with E-state index in [1.807, 2.05) is 37.3 Å². The SMILES string of the molecule is CC1CC(O)C2(CCN([C@@H]3CCO[C@H](OC(C)c4cc(C(F)(F)F)cc(C(F)(F)F)c4)[C@@H]3c3ccccc3)CC2)O1. The minimum Gasteiger partial charge on any atom is -0.390 e. The van der Waals surface area contributed by atoms with E-state index in [4.69, 9.17) is 14.2 Å². The molecule has 0 aromatic heterocycles. The molecule has 0 bridgehead atoms. The van der Waals surface area contributed by atoms with Crippen LogP contribution >= 0.6 is 0 Å². The van der Waals surface area contributed by atoms with E-state index >= 15 is 0 Å². The van der Waals surface area contributed by atoms with Crippen molar-refractivity contribution in [2.24, 2.45) is 0 Å². The highest BCUT2D eigenvalue weighted by Crippen LogP contribution is 2.44. The first-order valence-corrected chi connectivity index (χ1v) is 14.0. The second-order valence-electron chi connectivity index (χ2n) is 11.4. The van der Waals surface area contributed by atoms with Crippen molar-refractivity contribution in [2.75, 3.05) is 19.7 Å². The normalized spacial score (nSPS) is 30.0. The Labute approximate surface area is 235 Å². The topological polar surface area (TPSA) is 51.2 Å². The van der Waals surface area contributed by atoms with Crippen molar-refractivity contribution in [1.29, 1.82) is 0 Å². The number of likely N-dealkylation sites (tertiary alicyclic amines) is 1. The molecule has 11 heteroatoms. The Morgan fingerprint density at radius 3 is 2.12 bits per heavy atom. The van der Waals surface area contributed by atoms with E-state index in [0.29, 0.717) is 57.5 Å². The van der Waals surface area contributed by atoms with Crippen molar-refractivity contribution in [2.45, 2.75) is 94.0 Å². The van der Waals surface area contributed by atoms with E-state index in [1.165, 1.54) is 6.92 Å². The van der Waals surface area contributed by atoms with Crippen LogP contribution in [0.3, 0.4) is 0 Å². The molecule has 3 heterocycles. The molecule has 6 atom stereocenters. The molecule has 0 amide bonds. The maximum absolute atomic E-state index is 13.5. The van der Waals surface area contributed by atoms with Crippen LogP contribution in [-0.4, -0.2) is 59.8 Å². The second-order valence-corrected chi connectivity index (χ2v) is 11.4. The highest BCUT2D eigenvalue weighted by molar-refractivity contribution is 5.35. The van der Waals surface area contributed by atoms with E-state index in [0.717, 1.165) is 5.56 Å². The van der Waals surface area contributed by atoms with Gasteiger partial charge in [-0.15, -0.1) is 0 Å². The van der Waals surface area contributed by atoms with Gasteiger partial charge < -0.3 is 19.3 Å². The van der Waals surface area contributed by atoms with Crippen LogP contribution < -0.4 is 0 Å². The highest BCUT2D eigenvalue weighted by atomic mass is 19.4. The molecule has 5 rings (SSSR count). The van der Waals surface area contributed by atoms with Crippen molar-refractivity contribution in [3.63, 3.8) is 0 Å². The van der Waals surface area contributed by atoms with Gasteiger partial charge in [-0.1, -0.05) is 30.3 Å². The first-order valence-electron chi connectivity index (χ1n) is 14.0. The van der Waals surface area contributed by atoms with Crippen LogP contribution in [0.5, 0.6) is 0 Å². The third-order valence-electron chi connectivity index (χ3n) is 8.72. The Balaban J connectivity index is 1.40. The average Bonchev–Trinajstić information content (AvgIpc) is 3.19. The fourth-order valence-electron chi connectivity index (χ4n) is 6.59. The van der Waals surface area contributed by atoms with Gasteiger partial charge in [0.1, 0.15) is 0 Å².